The van der Waals surface area contributed by atoms with Crippen molar-refractivity contribution >= 4 is 17.3 Å². The molecule has 2 aromatic rings. The van der Waals surface area contributed by atoms with Crippen LogP contribution in [0.4, 0.5) is 17.3 Å². The van der Waals surface area contributed by atoms with E-state index in [0.717, 1.165) is 35.7 Å². The van der Waals surface area contributed by atoms with Gasteiger partial charge in [-0.25, -0.2) is 9.97 Å². The summed E-state index contributed by atoms with van der Waals surface area (Å²) in [5.74, 6) is 2.05. The van der Waals surface area contributed by atoms with E-state index in [1.165, 1.54) is 0 Å². The largest absolute Gasteiger partial charge is 0.383 e. The standard InChI is InChI=1S/C12H18N6/c1-4-5-10-16-11(13)8(2)12(17-10)15-9-6-14-18(3)7-9/h6-7H,4-5H2,1-3H3,(H3,13,15,16,17). The molecule has 0 aromatic carbocycles. The van der Waals surface area contributed by atoms with Crippen LogP contribution >= 0.6 is 0 Å². The molecule has 0 atom stereocenters. The van der Waals surface area contributed by atoms with Crippen molar-refractivity contribution in [2.45, 2.75) is 26.7 Å². The average Bonchev–Trinajstić information content (AvgIpc) is 2.71. The molecule has 0 spiro atoms. The summed E-state index contributed by atoms with van der Waals surface area (Å²) in [6.45, 7) is 4.00. The maximum absolute atomic E-state index is 5.90. The molecule has 0 aliphatic carbocycles. The molecule has 0 saturated heterocycles. The molecule has 0 amide bonds. The molecule has 0 aliphatic rings. The quantitative estimate of drug-likeness (QED) is 0.859. The van der Waals surface area contributed by atoms with Gasteiger partial charge < -0.3 is 11.1 Å². The Bertz CT molecular complexity index is 545. The summed E-state index contributed by atoms with van der Waals surface area (Å²) in [7, 11) is 1.87. The third kappa shape index (κ3) is 2.58. The predicted octanol–water partition coefficient (Wildman–Crippen LogP) is 1.80. The molecule has 0 bridgehead atoms. The van der Waals surface area contributed by atoms with Crippen LogP contribution in [0.5, 0.6) is 0 Å². The van der Waals surface area contributed by atoms with Crippen molar-refractivity contribution in [1.29, 1.82) is 0 Å². The van der Waals surface area contributed by atoms with E-state index in [2.05, 4.69) is 27.3 Å². The number of rotatable bonds is 4. The molecule has 2 heterocycles. The summed E-state index contributed by atoms with van der Waals surface area (Å²) in [5, 5.41) is 7.32. The second-order valence-corrected chi connectivity index (χ2v) is 4.28. The van der Waals surface area contributed by atoms with E-state index in [0.29, 0.717) is 5.82 Å². The van der Waals surface area contributed by atoms with Crippen LogP contribution in [0, 0.1) is 6.92 Å². The average molecular weight is 246 g/mol. The van der Waals surface area contributed by atoms with Gasteiger partial charge in [0.2, 0.25) is 0 Å². The molecule has 2 aromatic heterocycles. The maximum Gasteiger partial charge on any atom is 0.139 e. The van der Waals surface area contributed by atoms with Gasteiger partial charge in [0, 0.05) is 25.2 Å². The summed E-state index contributed by atoms with van der Waals surface area (Å²) < 4.78 is 1.73. The molecule has 0 unspecified atom stereocenters. The maximum atomic E-state index is 5.90. The highest BCUT2D eigenvalue weighted by Crippen LogP contribution is 2.21. The fourth-order valence-electron chi connectivity index (χ4n) is 1.66. The van der Waals surface area contributed by atoms with Gasteiger partial charge in [-0.3, -0.25) is 4.68 Å². The normalized spacial score (nSPS) is 10.6. The van der Waals surface area contributed by atoms with E-state index >= 15 is 0 Å². The predicted molar refractivity (Wildman–Crippen MR) is 71.7 cm³/mol. The first-order valence-corrected chi connectivity index (χ1v) is 5.98. The van der Waals surface area contributed by atoms with E-state index < -0.39 is 0 Å². The van der Waals surface area contributed by atoms with E-state index in [1.807, 2.05) is 20.2 Å². The molecule has 6 nitrogen and oxygen atoms in total. The Labute approximate surface area is 106 Å². The van der Waals surface area contributed by atoms with Crippen molar-refractivity contribution in [3.63, 3.8) is 0 Å². The van der Waals surface area contributed by atoms with Crippen LogP contribution in [0.2, 0.25) is 0 Å². The van der Waals surface area contributed by atoms with Crippen molar-refractivity contribution in [2.75, 3.05) is 11.1 Å². The molecule has 6 heteroatoms. The highest BCUT2D eigenvalue weighted by Gasteiger charge is 2.09. The second kappa shape index (κ2) is 5.03. The van der Waals surface area contributed by atoms with Crippen LogP contribution in [0.3, 0.4) is 0 Å². The minimum atomic E-state index is 0.528. The van der Waals surface area contributed by atoms with Crippen LogP contribution in [-0.4, -0.2) is 19.7 Å². The van der Waals surface area contributed by atoms with Crippen LogP contribution in [0.1, 0.15) is 24.7 Å². The van der Waals surface area contributed by atoms with Gasteiger partial charge in [0.25, 0.3) is 0 Å². The van der Waals surface area contributed by atoms with Gasteiger partial charge in [-0.05, 0) is 13.3 Å². The lowest BCUT2D eigenvalue weighted by molar-refractivity contribution is 0.768. The van der Waals surface area contributed by atoms with E-state index in [1.54, 1.807) is 10.9 Å². The van der Waals surface area contributed by atoms with Crippen molar-refractivity contribution < 1.29 is 0 Å². The van der Waals surface area contributed by atoms with E-state index in [9.17, 15) is 0 Å². The molecule has 96 valence electrons. The van der Waals surface area contributed by atoms with E-state index in [4.69, 9.17) is 5.73 Å². The fraction of sp³-hybridized carbons (Fsp3) is 0.417. The number of anilines is 3. The third-order valence-electron chi connectivity index (χ3n) is 2.67. The molecule has 0 radical (unpaired) electrons. The summed E-state index contributed by atoms with van der Waals surface area (Å²) in [4.78, 5) is 8.76. The number of nitrogens with one attached hydrogen (secondary N) is 1. The monoisotopic (exact) mass is 246 g/mol. The van der Waals surface area contributed by atoms with Gasteiger partial charge in [0.1, 0.15) is 17.5 Å². The Morgan fingerprint density at radius 3 is 2.78 bits per heavy atom. The van der Waals surface area contributed by atoms with Gasteiger partial charge in [0.15, 0.2) is 0 Å². The first-order valence-electron chi connectivity index (χ1n) is 5.98. The Kier molecular flexibility index (Phi) is 3.45. The summed E-state index contributed by atoms with van der Waals surface area (Å²) >= 11 is 0. The Balaban J connectivity index is 2.31. The smallest absolute Gasteiger partial charge is 0.139 e. The van der Waals surface area contributed by atoms with Crippen molar-refractivity contribution in [3.8, 4) is 0 Å². The van der Waals surface area contributed by atoms with Crippen LogP contribution in [0.25, 0.3) is 0 Å². The topological polar surface area (TPSA) is 81.6 Å². The van der Waals surface area contributed by atoms with Gasteiger partial charge in [0.05, 0.1) is 11.9 Å². The first kappa shape index (κ1) is 12.3. The van der Waals surface area contributed by atoms with Gasteiger partial charge in [-0.1, -0.05) is 6.92 Å². The van der Waals surface area contributed by atoms with Gasteiger partial charge in [-0.2, -0.15) is 5.10 Å². The van der Waals surface area contributed by atoms with Crippen LogP contribution in [0.15, 0.2) is 12.4 Å². The zero-order chi connectivity index (χ0) is 13.1. The Morgan fingerprint density at radius 2 is 2.17 bits per heavy atom. The first-order chi connectivity index (χ1) is 8.60. The highest BCUT2D eigenvalue weighted by molar-refractivity contribution is 5.62. The second-order valence-electron chi connectivity index (χ2n) is 4.28. The lowest BCUT2D eigenvalue weighted by Crippen LogP contribution is -2.06. The SMILES string of the molecule is CCCc1nc(N)c(C)c(Nc2cnn(C)c2)n1. The Morgan fingerprint density at radius 1 is 1.39 bits per heavy atom. The number of hydrogen-bond donors (Lipinski definition) is 2. The number of aryl methyl sites for hydroxylation is 2. The van der Waals surface area contributed by atoms with Gasteiger partial charge in [-0.15, -0.1) is 0 Å². The molecule has 2 rings (SSSR count). The summed E-state index contributed by atoms with van der Waals surface area (Å²) in [6, 6.07) is 0. The van der Waals surface area contributed by atoms with Crippen molar-refractivity contribution in [2.24, 2.45) is 7.05 Å². The molecule has 3 N–H and O–H groups in total. The van der Waals surface area contributed by atoms with Crippen molar-refractivity contribution in [1.82, 2.24) is 19.7 Å². The number of aromatic nitrogens is 4. The van der Waals surface area contributed by atoms with Crippen molar-refractivity contribution in [3.05, 3.63) is 23.8 Å². The minimum absolute atomic E-state index is 0.528. The fourth-order valence-corrected chi connectivity index (χ4v) is 1.66. The molecule has 18 heavy (non-hydrogen) atoms. The highest BCUT2D eigenvalue weighted by atomic mass is 15.3. The number of nitrogen functional groups attached to an aromatic ring is 1. The Hall–Kier alpha value is -2.11. The molecule has 0 fully saturated rings. The number of nitrogens with two attached hydrogens (primary N) is 1. The number of hydrogen-bond acceptors (Lipinski definition) is 5. The molecule has 0 aliphatic heterocycles. The van der Waals surface area contributed by atoms with Crippen LogP contribution in [-0.2, 0) is 13.5 Å². The third-order valence-corrected chi connectivity index (χ3v) is 2.67. The minimum Gasteiger partial charge on any atom is -0.383 e. The molecular formula is C12H18N6. The lowest BCUT2D eigenvalue weighted by Gasteiger charge is -2.10. The summed E-state index contributed by atoms with van der Waals surface area (Å²) in [6.07, 6.45) is 5.45. The van der Waals surface area contributed by atoms with E-state index in [-0.39, 0.29) is 0 Å². The molecule has 0 saturated carbocycles. The number of nitrogens with zero attached hydrogens (tertiary/aromatic N) is 4. The van der Waals surface area contributed by atoms with Gasteiger partial charge >= 0.3 is 0 Å². The zero-order valence-corrected chi connectivity index (χ0v) is 10.9. The molecular weight excluding hydrogens is 228 g/mol. The van der Waals surface area contributed by atoms with Crippen LogP contribution < -0.4 is 11.1 Å². The lowest BCUT2D eigenvalue weighted by atomic mass is 10.2. The zero-order valence-electron chi connectivity index (χ0n) is 10.9. The summed E-state index contributed by atoms with van der Waals surface area (Å²) in [5.41, 5.74) is 7.65.